The molecule has 1 atom stereocenters. The zero-order valence-electron chi connectivity index (χ0n) is 11.8. The number of amides is 1. The monoisotopic (exact) mass is 267 g/mol. The molecule has 1 N–H and O–H groups in total. The molecule has 19 heavy (non-hydrogen) atoms. The van der Waals surface area contributed by atoms with E-state index in [1.54, 1.807) is 46.3 Å². The predicted molar refractivity (Wildman–Crippen MR) is 72.4 cm³/mol. The maximum Gasteiger partial charge on any atom is 0.225 e. The molecule has 0 spiro atoms. The molecule has 0 heterocycles. The van der Waals surface area contributed by atoms with E-state index in [0.717, 1.165) is 5.56 Å². The summed E-state index contributed by atoms with van der Waals surface area (Å²) in [4.78, 5) is 12.9. The molecule has 1 unspecified atom stereocenters. The Morgan fingerprint density at radius 3 is 2.58 bits per heavy atom. The van der Waals surface area contributed by atoms with Crippen molar-refractivity contribution in [1.82, 2.24) is 4.90 Å². The van der Waals surface area contributed by atoms with Crippen LogP contribution in [-0.4, -0.2) is 43.7 Å². The molecular formula is C14H21NO4. The number of carbonyl (C=O) groups is 1. The van der Waals surface area contributed by atoms with E-state index < -0.39 is 6.10 Å². The van der Waals surface area contributed by atoms with Gasteiger partial charge >= 0.3 is 0 Å². The van der Waals surface area contributed by atoms with Crippen molar-refractivity contribution in [1.29, 1.82) is 0 Å². The largest absolute Gasteiger partial charge is 0.493 e. The Morgan fingerprint density at radius 2 is 2.05 bits per heavy atom. The first-order valence-electron chi connectivity index (χ1n) is 6.14. The number of hydrogen-bond acceptors (Lipinski definition) is 4. The molecule has 106 valence electrons. The van der Waals surface area contributed by atoms with Gasteiger partial charge in [0.2, 0.25) is 5.91 Å². The maximum absolute atomic E-state index is 11.4. The number of hydrogen-bond donors (Lipinski definition) is 1. The molecule has 0 aliphatic rings. The molecule has 1 amide bonds. The second-order valence-electron chi connectivity index (χ2n) is 4.47. The molecule has 0 aromatic heterocycles. The van der Waals surface area contributed by atoms with Crippen molar-refractivity contribution in [3.63, 3.8) is 0 Å². The Bertz CT molecular complexity index is 429. The number of carbonyl (C=O) groups excluding carboxylic acids is 1. The Hall–Kier alpha value is -1.75. The fraction of sp³-hybridized carbons (Fsp3) is 0.500. The van der Waals surface area contributed by atoms with Gasteiger partial charge in [-0.05, 0) is 24.6 Å². The van der Waals surface area contributed by atoms with E-state index in [1.807, 2.05) is 0 Å². The lowest BCUT2D eigenvalue weighted by molar-refractivity contribution is -0.129. The molecule has 0 aliphatic carbocycles. The van der Waals surface area contributed by atoms with E-state index in [9.17, 15) is 9.90 Å². The molecule has 1 aromatic carbocycles. The summed E-state index contributed by atoms with van der Waals surface area (Å²) in [6, 6.07) is 5.24. The second kappa shape index (κ2) is 6.99. The molecule has 0 bridgehead atoms. The fourth-order valence-corrected chi connectivity index (χ4v) is 1.54. The van der Waals surface area contributed by atoms with Crippen LogP contribution in [0.3, 0.4) is 0 Å². The topological polar surface area (TPSA) is 59.0 Å². The highest BCUT2D eigenvalue weighted by Gasteiger charge is 2.10. The second-order valence-corrected chi connectivity index (χ2v) is 4.47. The van der Waals surface area contributed by atoms with Gasteiger partial charge < -0.3 is 19.5 Å². The third-order valence-electron chi connectivity index (χ3n) is 2.74. The van der Waals surface area contributed by atoms with Crippen LogP contribution in [0, 0.1) is 0 Å². The predicted octanol–water partition coefficient (Wildman–Crippen LogP) is 1.61. The molecule has 0 fully saturated rings. The molecule has 0 radical (unpaired) electrons. The van der Waals surface area contributed by atoms with Gasteiger partial charge in [-0.3, -0.25) is 4.79 Å². The van der Waals surface area contributed by atoms with Crippen LogP contribution < -0.4 is 9.47 Å². The number of nitrogens with zero attached hydrogens (tertiary/aromatic N) is 1. The number of ether oxygens (including phenoxy) is 2. The number of rotatable bonds is 6. The van der Waals surface area contributed by atoms with Gasteiger partial charge in [0.05, 0.1) is 26.2 Å². The van der Waals surface area contributed by atoms with Crippen molar-refractivity contribution < 1.29 is 19.4 Å². The van der Waals surface area contributed by atoms with Crippen LogP contribution >= 0.6 is 0 Å². The highest BCUT2D eigenvalue weighted by molar-refractivity contribution is 5.75. The molecule has 0 saturated carbocycles. The number of methoxy groups -OCH3 is 1. The van der Waals surface area contributed by atoms with Gasteiger partial charge in [0, 0.05) is 14.1 Å². The number of aliphatic hydroxyl groups excluding tert-OH is 1. The zero-order chi connectivity index (χ0) is 14.4. The summed E-state index contributed by atoms with van der Waals surface area (Å²) < 4.78 is 10.7. The maximum atomic E-state index is 11.4. The first-order chi connectivity index (χ1) is 8.95. The standard InChI is InChI=1S/C14H21NO4/c1-10(16)11-5-6-12(13(9-11)18-4)19-8-7-14(17)15(2)3/h5-6,9-10,16H,7-8H2,1-4H3. The highest BCUT2D eigenvalue weighted by Crippen LogP contribution is 2.30. The van der Waals surface area contributed by atoms with E-state index in [-0.39, 0.29) is 5.91 Å². The number of aliphatic hydroxyl groups is 1. The van der Waals surface area contributed by atoms with Crippen molar-refractivity contribution in [3.05, 3.63) is 23.8 Å². The minimum absolute atomic E-state index is 0.0135. The van der Waals surface area contributed by atoms with Gasteiger partial charge in [0.15, 0.2) is 11.5 Å². The summed E-state index contributed by atoms with van der Waals surface area (Å²) in [5, 5.41) is 9.50. The van der Waals surface area contributed by atoms with Gasteiger partial charge in [0.25, 0.3) is 0 Å². The van der Waals surface area contributed by atoms with Crippen LogP contribution in [0.15, 0.2) is 18.2 Å². The minimum atomic E-state index is -0.557. The lowest BCUT2D eigenvalue weighted by Gasteiger charge is -2.14. The summed E-state index contributed by atoms with van der Waals surface area (Å²) in [7, 11) is 4.96. The fourth-order valence-electron chi connectivity index (χ4n) is 1.54. The van der Waals surface area contributed by atoms with E-state index in [2.05, 4.69) is 0 Å². The molecular weight excluding hydrogens is 246 g/mol. The average molecular weight is 267 g/mol. The van der Waals surface area contributed by atoms with Crippen molar-refractivity contribution in [2.24, 2.45) is 0 Å². The Balaban J connectivity index is 2.65. The third-order valence-corrected chi connectivity index (χ3v) is 2.74. The van der Waals surface area contributed by atoms with Crippen LogP contribution in [0.5, 0.6) is 11.5 Å². The molecule has 1 rings (SSSR count). The zero-order valence-corrected chi connectivity index (χ0v) is 11.8. The first kappa shape index (κ1) is 15.3. The molecule has 5 nitrogen and oxygen atoms in total. The van der Waals surface area contributed by atoms with Crippen LogP contribution in [0.4, 0.5) is 0 Å². The summed E-state index contributed by atoms with van der Waals surface area (Å²) >= 11 is 0. The van der Waals surface area contributed by atoms with Crippen LogP contribution in [0.1, 0.15) is 25.0 Å². The van der Waals surface area contributed by atoms with Crippen LogP contribution in [0.2, 0.25) is 0 Å². The first-order valence-corrected chi connectivity index (χ1v) is 6.14. The molecule has 5 heteroatoms. The van der Waals surface area contributed by atoms with Crippen LogP contribution in [0.25, 0.3) is 0 Å². The average Bonchev–Trinajstić information content (AvgIpc) is 2.38. The highest BCUT2D eigenvalue weighted by atomic mass is 16.5. The molecule has 1 aromatic rings. The Kier molecular flexibility index (Phi) is 5.63. The SMILES string of the molecule is COc1cc(C(C)O)ccc1OCCC(=O)N(C)C. The number of benzene rings is 1. The van der Waals surface area contributed by atoms with E-state index in [4.69, 9.17) is 9.47 Å². The summed E-state index contributed by atoms with van der Waals surface area (Å²) in [5.74, 6) is 1.13. The minimum Gasteiger partial charge on any atom is -0.493 e. The van der Waals surface area contributed by atoms with Gasteiger partial charge in [-0.1, -0.05) is 6.07 Å². The van der Waals surface area contributed by atoms with Gasteiger partial charge in [-0.25, -0.2) is 0 Å². The normalized spacial score (nSPS) is 11.8. The summed E-state index contributed by atoms with van der Waals surface area (Å²) in [6.45, 7) is 1.98. The lowest BCUT2D eigenvalue weighted by atomic mass is 10.1. The Morgan fingerprint density at radius 1 is 1.37 bits per heavy atom. The van der Waals surface area contributed by atoms with Crippen molar-refractivity contribution >= 4 is 5.91 Å². The van der Waals surface area contributed by atoms with E-state index in [1.165, 1.54) is 4.90 Å². The van der Waals surface area contributed by atoms with Crippen LogP contribution in [-0.2, 0) is 4.79 Å². The van der Waals surface area contributed by atoms with Crippen molar-refractivity contribution in [2.75, 3.05) is 27.8 Å². The summed E-state index contributed by atoms with van der Waals surface area (Å²) in [5.41, 5.74) is 0.758. The quantitative estimate of drug-likeness (QED) is 0.850. The van der Waals surface area contributed by atoms with E-state index >= 15 is 0 Å². The van der Waals surface area contributed by atoms with Gasteiger partial charge in [-0.2, -0.15) is 0 Å². The van der Waals surface area contributed by atoms with Gasteiger partial charge in [-0.15, -0.1) is 0 Å². The summed E-state index contributed by atoms with van der Waals surface area (Å²) in [6.07, 6.45) is -0.243. The van der Waals surface area contributed by atoms with E-state index in [0.29, 0.717) is 24.5 Å². The molecule has 0 saturated heterocycles. The molecule has 0 aliphatic heterocycles. The lowest BCUT2D eigenvalue weighted by Crippen LogP contribution is -2.23. The van der Waals surface area contributed by atoms with Gasteiger partial charge in [0.1, 0.15) is 0 Å². The third kappa shape index (κ3) is 4.44. The Labute approximate surface area is 113 Å². The van der Waals surface area contributed by atoms with Crippen molar-refractivity contribution in [2.45, 2.75) is 19.4 Å². The van der Waals surface area contributed by atoms with Crippen molar-refractivity contribution in [3.8, 4) is 11.5 Å². The smallest absolute Gasteiger partial charge is 0.225 e.